The van der Waals surface area contributed by atoms with Crippen molar-refractivity contribution in [2.24, 2.45) is 5.10 Å². The number of carbonyl (C=O) groups is 1. The van der Waals surface area contributed by atoms with Crippen LogP contribution in [0, 0.1) is 0 Å². The molecule has 0 radical (unpaired) electrons. The Morgan fingerprint density at radius 3 is 2.42 bits per heavy atom. The molecule has 1 heterocycles. The number of amides is 1. The number of benzene rings is 3. The van der Waals surface area contributed by atoms with Crippen LogP contribution in [0.15, 0.2) is 75.4 Å². The second-order valence-corrected chi connectivity index (χ2v) is 9.53. The van der Waals surface area contributed by atoms with Crippen LogP contribution in [0.25, 0.3) is 17.1 Å². The van der Waals surface area contributed by atoms with Crippen molar-refractivity contribution in [1.29, 1.82) is 0 Å². The first-order chi connectivity index (χ1) is 18.4. The van der Waals surface area contributed by atoms with Crippen LogP contribution in [-0.2, 0) is 4.79 Å². The number of hydrogen-bond donors (Lipinski definition) is 2. The molecule has 3 aromatic carbocycles. The molecule has 0 spiro atoms. The fraction of sp³-hybridized carbons (Fsp3) is 0.154. The van der Waals surface area contributed by atoms with Crippen LogP contribution in [0.1, 0.15) is 5.56 Å². The minimum absolute atomic E-state index is 0.0298. The van der Waals surface area contributed by atoms with Crippen LogP contribution in [0.3, 0.4) is 0 Å². The van der Waals surface area contributed by atoms with Crippen LogP contribution in [0.2, 0.25) is 0 Å². The highest BCUT2D eigenvalue weighted by Crippen LogP contribution is 2.41. The van der Waals surface area contributed by atoms with E-state index in [4.69, 9.17) is 14.2 Å². The van der Waals surface area contributed by atoms with Gasteiger partial charge in [-0.15, -0.1) is 10.2 Å². The van der Waals surface area contributed by atoms with Gasteiger partial charge in [0.05, 0.1) is 33.3 Å². The predicted octanol–water partition coefficient (Wildman–Crippen LogP) is 4.67. The normalized spacial score (nSPS) is 10.9. The monoisotopic (exact) mass is 597 g/mol. The summed E-state index contributed by atoms with van der Waals surface area (Å²) in [5.74, 6) is 1.68. The lowest BCUT2D eigenvalue weighted by Crippen LogP contribution is -2.20. The molecular formula is C26H24BrN5O5S. The molecule has 196 valence electrons. The van der Waals surface area contributed by atoms with E-state index in [0.717, 1.165) is 10.2 Å². The molecule has 12 heteroatoms. The Morgan fingerprint density at radius 1 is 1.05 bits per heavy atom. The maximum Gasteiger partial charge on any atom is 0.250 e. The van der Waals surface area contributed by atoms with Crippen molar-refractivity contribution in [2.45, 2.75) is 5.16 Å². The first kappa shape index (κ1) is 27.0. The summed E-state index contributed by atoms with van der Waals surface area (Å²) >= 11 is 4.54. The fourth-order valence-corrected chi connectivity index (χ4v) is 4.66. The van der Waals surface area contributed by atoms with Gasteiger partial charge >= 0.3 is 0 Å². The summed E-state index contributed by atoms with van der Waals surface area (Å²) in [4.78, 5) is 12.5. The van der Waals surface area contributed by atoms with Gasteiger partial charge in [0, 0.05) is 21.3 Å². The molecule has 4 rings (SSSR count). The standard InChI is InChI=1S/C26H24BrN5O5S/c1-35-21-12-16(13-22(36-2)24(21)37-3)25-30-31-26(32(25)19-7-5-4-6-8-19)38-15-23(34)29-28-14-17-11-18(27)9-10-20(17)33/h4-14,33H,15H2,1-3H3,(H,29,34)/b28-14-. The topological polar surface area (TPSA) is 120 Å². The van der Waals surface area contributed by atoms with E-state index in [1.165, 1.54) is 31.2 Å². The third-order valence-corrected chi connectivity index (χ3v) is 6.71. The number of aromatic nitrogens is 3. The molecule has 1 aromatic heterocycles. The Labute approximate surface area is 231 Å². The Balaban J connectivity index is 1.59. The summed E-state index contributed by atoms with van der Waals surface area (Å²) in [5.41, 5.74) is 4.43. The van der Waals surface area contributed by atoms with Crippen LogP contribution in [0.4, 0.5) is 0 Å². The molecule has 0 bridgehead atoms. The zero-order valence-electron chi connectivity index (χ0n) is 20.7. The van der Waals surface area contributed by atoms with Gasteiger partial charge in [-0.2, -0.15) is 5.10 Å². The molecule has 0 saturated carbocycles. The highest BCUT2D eigenvalue weighted by Gasteiger charge is 2.21. The Kier molecular flexibility index (Phi) is 8.87. The van der Waals surface area contributed by atoms with E-state index in [9.17, 15) is 9.90 Å². The highest BCUT2D eigenvalue weighted by molar-refractivity contribution is 9.10. The van der Waals surface area contributed by atoms with Crippen molar-refractivity contribution in [3.8, 4) is 40.1 Å². The summed E-state index contributed by atoms with van der Waals surface area (Å²) in [6.45, 7) is 0. The summed E-state index contributed by atoms with van der Waals surface area (Å²) in [5, 5.41) is 23.1. The molecule has 4 aromatic rings. The van der Waals surface area contributed by atoms with Crippen LogP contribution >= 0.6 is 27.7 Å². The molecule has 0 aliphatic rings. The van der Waals surface area contributed by atoms with Gasteiger partial charge in [0.15, 0.2) is 22.5 Å². The van der Waals surface area contributed by atoms with E-state index in [1.54, 1.807) is 38.5 Å². The minimum atomic E-state index is -0.349. The molecule has 0 aliphatic heterocycles. The van der Waals surface area contributed by atoms with Gasteiger partial charge in [-0.25, -0.2) is 5.43 Å². The van der Waals surface area contributed by atoms with Gasteiger partial charge in [0.2, 0.25) is 5.75 Å². The Morgan fingerprint density at radius 2 is 1.76 bits per heavy atom. The summed E-state index contributed by atoms with van der Waals surface area (Å²) in [6.07, 6.45) is 1.37. The maximum absolute atomic E-state index is 12.5. The van der Waals surface area contributed by atoms with Gasteiger partial charge in [-0.3, -0.25) is 9.36 Å². The molecular weight excluding hydrogens is 574 g/mol. The van der Waals surface area contributed by atoms with Crippen molar-refractivity contribution < 1.29 is 24.1 Å². The summed E-state index contributed by atoms with van der Waals surface area (Å²) in [7, 11) is 4.63. The largest absolute Gasteiger partial charge is 0.507 e. The number of nitrogens with one attached hydrogen (secondary N) is 1. The predicted molar refractivity (Wildman–Crippen MR) is 149 cm³/mol. The van der Waals surface area contributed by atoms with E-state index < -0.39 is 0 Å². The number of aromatic hydroxyl groups is 1. The lowest BCUT2D eigenvalue weighted by molar-refractivity contribution is -0.118. The number of hydrogen-bond acceptors (Lipinski definition) is 9. The number of nitrogens with zero attached hydrogens (tertiary/aromatic N) is 4. The lowest BCUT2D eigenvalue weighted by Gasteiger charge is -2.15. The fourth-order valence-electron chi connectivity index (χ4n) is 3.54. The number of hydrazone groups is 1. The molecule has 1 amide bonds. The molecule has 10 nitrogen and oxygen atoms in total. The molecule has 0 saturated heterocycles. The molecule has 38 heavy (non-hydrogen) atoms. The number of ether oxygens (including phenoxy) is 3. The van der Waals surface area contributed by atoms with Gasteiger partial charge < -0.3 is 19.3 Å². The van der Waals surface area contributed by atoms with E-state index in [-0.39, 0.29) is 17.4 Å². The molecule has 0 aliphatic carbocycles. The van der Waals surface area contributed by atoms with E-state index in [1.807, 2.05) is 34.9 Å². The van der Waals surface area contributed by atoms with E-state index in [2.05, 4.69) is 36.7 Å². The van der Waals surface area contributed by atoms with Crippen LogP contribution in [-0.4, -0.2) is 59.1 Å². The second-order valence-electron chi connectivity index (χ2n) is 7.68. The number of para-hydroxylation sites is 1. The molecule has 0 atom stereocenters. The van der Waals surface area contributed by atoms with Gasteiger partial charge in [0.1, 0.15) is 5.75 Å². The van der Waals surface area contributed by atoms with Crippen LogP contribution < -0.4 is 19.6 Å². The zero-order chi connectivity index (χ0) is 27.1. The van der Waals surface area contributed by atoms with Crippen molar-refractivity contribution in [1.82, 2.24) is 20.2 Å². The lowest BCUT2D eigenvalue weighted by atomic mass is 10.1. The number of thioether (sulfide) groups is 1. The zero-order valence-corrected chi connectivity index (χ0v) is 23.1. The van der Waals surface area contributed by atoms with Gasteiger partial charge in [-0.05, 0) is 42.5 Å². The highest BCUT2D eigenvalue weighted by atomic mass is 79.9. The molecule has 0 fully saturated rings. The smallest absolute Gasteiger partial charge is 0.250 e. The second kappa shape index (κ2) is 12.5. The van der Waals surface area contributed by atoms with Crippen LogP contribution in [0.5, 0.6) is 23.0 Å². The summed E-state index contributed by atoms with van der Waals surface area (Å²) < 4.78 is 19.1. The third kappa shape index (κ3) is 6.09. The summed E-state index contributed by atoms with van der Waals surface area (Å²) in [6, 6.07) is 18.1. The number of methoxy groups -OCH3 is 3. The number of rotatable bonds is 10. The number of carbonyl (C=O) groups excluding carboxylic acids is 1. The number of phenols is 1. The molecule has 2 N–H and O–H groups in total. The van der Waals surface area contributed by atoms with Crippen molar-refractivity contribution >= 4 is 39.8 Å². The number of phenolic OH excluding ortho intramolecular Hbond substituents is 1. The van der Waals surface area contributed by atoms with Crippen molar-refractivity contribution in [3.05, 3.63) is 70.7 Å². The average Bonchev–Trinajstić information content (AvgIpc) is 3.37. The quantitative estimate of drug-likeness (QED) is 0.154. The SMILES string of the molecule is COc1cc(-c2nnc(SCC(=O)N/N=C\c3cc(Br)ccc3O)n2-c2ccccc2)cc(OC)c1OC. The number of halogens is 1. The minimum Gasteiger partial charge on any atom is -0.507 e. The third-order valence-electron chi connectivity index (χ3n) is 5.29. The first-order valence-corrected chi connectivity index (χ1v) is 13.0. The Bertz CT molecular complexity index is 1440. The van der Waals surface area contributed by atoms with Crippen molar-refractivity contribution in [3.63, 3.8) is 0 Å². The maximum atomic E-state index is 12.5. The molecule has 0 unspecified atom stereocenters. The Hall–Kier alpha value is -4.03. The van der Waals surface area contributed by atoms with E-state index >= 15 is 0 Å². The van der Waals surface area contributed by atoms with Gasteiger partial charge in [-0.1, -0.05) is 45.9 Å². The first-order valence-electron chi connectivity index (χ1n) is 11.2. The average molecular weight is 598 g/mol. The van der Waals surface area contributed by atoms with Crippen molar-refractivity contribution in [2.75, 3.05) is 27.1 Å². The van der Waals surface area contributed by atoms with Gasteiger partial charge in [0.25, 0.3) is 5.91 Å². The van der Waals surface area contributed by atoms with E-state index in [0.29, 0.717) is 39.4 Å².